The van der Waals surface area contributed by atoms with Gasteiger partial charge >= 0.3 is 0 Å². The second kappa shape index (κ2) is 3.14. The Bertz CT molecular complexity index is 426. The summed E-state index contributed by atoms with van der Waals surface area (Å²) in [5.41, 5.74) is 0.554. The molecule has 2 aromatic carbocycles. The lowest BCUT2D eigenvalue weighted by Gasteiger charge is -2.14. The average Bonchev–Trinajstić information content (AvgIpc) is 2.17. The molecule has 3 heteroatoms. The fourth-order valence-corrected chi connectivity index (χ4v) is 1.34. The normalized spacial score (nSPS) is 13.1. The van der Waals surface area contributed by atoms with E-state index >= 15 is 0 Å². The Morgan fingerprint density at radius 3 is 2.38 bits per heavy atom. The van der Waals surface area contributed by atoms with E-state index in [4.69, 9.17) is 5.84 Å². The molecule has 0 radical (unpaired) electrons. The number of rotatable bonds is 1. The van der Waals surface area contributed by atoms with Crippen molar-refractivity contribution in [2.75, 3.05) is 0 Å². The molecule has 2 aromatic rings. The average molecular weight is 174 g/mol. The summed E-state index contributed by atoms with van der Waals surface area (Å²) in [6, 6.07) is 13.3. The van der Waals surface area contributed by atoms with Crippen LogP contribution in [-0.4, -0.2) is 0 Å². The highest BCUT2D eigenvalue weighted by atomic mass is 16.5. The van der Waals surface area contributed by atoms with Gasteiger partial charge < -0.3 is 5.21 Å². The molecule has 1 unspecified atom stereocenters. The van der Waals surface area contributed by atoms with Crippen LogP contribution in [-0.2, 0) is 0 Å². The molecule has 0 saturated heterocycles. The third kappa shape index (κ3) is 1.53. The second-order valence-corrected chi connectivity index (χ2v) is 2.93. The molecule has 0 aromatic heterocycles. The predicted molar refractivity (Wildman–Crippen MR) is 52.1 cm³/mol. The van der Waals surface area contributed by atoms with Crippen molar-refractivity contribution >= 4 is 16.5 Å². The summed E-state index contributed by atoms with van der Waals surface area (Å²) in [7, 11) is 0. The summed E-state index contributed by atoms with van der Waals surface area (Å²) in [6.45, 7) is 0. The summed E-state index contributed by atoms with van der Waals surface area (Å²) in [6.07, 6.45) is 0. The minimum absolute atomic E-state index is 0.384. The van der Waals surface area contributed by atoms with Gasteiger partial charge in [0.25, 0.3) is 0 Å². The third-order valence-corrected chi connectivity index (χ3v) is 2.03. The summed E-state index contributed by atoms with van der Waals surface area (Å²) in [5.74, 6) is 5.17. The number of nitrogens with one attached hydrogen (secondary N) is 1. The Labute approximate surface area is 75.9 Å². The van der Waals surface area contributed by atoms with E-state index in [0.717, 1.165) is 10.8 Å². The van der Waals surface area contributed by atoms with E-state index in [1.807, 2.05) is 30.3 Å². The quantitative estimate of drug-likeness (QED) is 0.494. The van der Waals surface area contributed by atoms with Gasteiger partial charge in [-0.05, 0) is 16.8 Å². The third-order valence-electron chi connectivity index (χ3n) is 2.03. The van der Waals surface area contributed by atoms with Gasteiger partial charge in [0.15, 0.2) is 5.69 Å². The molecule has 0 spiro atoms. The predicted octanol–water partition coefficient (Wildman–Crippen LogP) is 0.728. The number of fused-ring (bicyclic) bond motifs is 1. The first-order chi connectivity index (χ1) is 6.27. The van der Waals surface area contributed by atoms with Crippen LogP contribution < -0.4 is 11.0 Å². The highest BCUT2D eigenvalue weighted by Gasteiger charge is 1.98. The van der Waals surface area contributed by atoms with Gasteiger partial charge in [0.1, 0.15) is 0 Å². The number of hydrogen-bond donors (Lipinski definition) is 2. The van der Waals surface area contributed by atoms with Crippen molar-refractivity contribution < 1.29 is 5.17 Å². The first-order valence-electron chi connectivity index (χ1n) is 4.06. The monoisotopic (exact) mass is 174 g/mol. The van der Waals surface area contributed by atoms with Crippen molar-refractivity contribution in [1.29, 1.82) is 0 Å². The molecule has 0 aliphatic rings. The largest absolute Gasteiger partial charge is 0.608 e. The molecule has 2 rings (SSSR count). The summed E-state index contributed by atoms with van der Waals surface area (Å²) < 4.78 is 0. The maximum absolute atomic E-state index is 10.9. The molecule has 0 bridgehead atoms. The minimum Gasteiger partial charge on any atom is -0.608 e. The van der Waals surface area contributed by atoms with Crippen molar-refractivity contribution in [2.45, 2.75) is 0 Å². The molecule has 1 atom stereocenters. The number of nitrogen functional groups attached to an aromatic ring is 1. The van der Waals surface area contributed by atoms with E-state index in [1.165, 1.54) is 0 Å². The lowest BCUT2D eigenvalue weighted by molar-refractivity contribution is -0.789. The molecule has 0 saturated carbocycles. The molecule has 0 heterocycles. The SMILES string of the molecule is N[NH+]([O-])c1ccc2ccccc2c1. The van der Waals surface area contributed by atoms with E-state index in [9.17, 15) is 5.21 Å². The molecule has 3 nitrogen and oxygen atoms in total. The van der Waals surface area contributed by atoms with Gasteiger partial charge in [0, 0.05) is 12.1 Å². The van der Waals surface area contributed by atoms with Crippen LogP contribution in [0.2, 0.25) is 0 Å². The van der Waals surface area contributed by atoms with Crippen LogP contribution in [0.1, 0.15) is 0 Å². The van der Waals surface area contributed by atoms with Gasteiger partial charge in [0.05, 0.1) is 0 Å². The number of quaternary nitrogens is 1. The summed E-state index contributed by atoms with van der Waals surface area (Å²) >= 11 is 0. The summed E-state index contributed by atoms with van der Waals surface area (Å²) in [4.78, 5) is 0. The van der Waals surface area contributed by atoms with Gasteiger partial charge in [-0.1, -0.05) is 24.3 Å². The van der Waals surface area contributed by atoms with E-state index in [-0.39, 0.29) is 5.17 Å². The van der Waals surface area contributed by atoms with E-state index in [0.29, 0.717) is 5.69 Å². The Balaban J connectivity index is 2.62. The topological polar surface area (TPSA) is 53.5 Å². The first kappa shape index (κ1) is 8.19. The van der Waals surface area contributed by atoms with Gasteiger partial charge in [-0.3, -0.25) is 5.17 Å². The van der Waals surface area contributed by atoms with E-state index in [1.54, 1.807) is 12.1 Å². The molecular formula is C10H10N2O. The molecule has 0 aliphatic carbocycles. The van der Waals surface area contributed by atoms with Crippen molar-refractivity contribution in [1.82, 2.24) is 0 Å². The fourth-order valence-electron chi connectivity index (χ4n) is 1.34. The van der Waals surface area contributed by atoms with Crippen LogP contribution in [0.4, 0.5) is 5.69 Å². The van der Waals surface area contributed by atoms with Crippen LogP contribution in [0.25, 0.3) is 10.8 Å². The highest BCUT2D eigenvalue weighted by Crippen LogP contribution is 2.15. The number of nitrogens with two attached hydrogens (primary N) is 1. The molecule has 0 fully saturated rings. The lowest BCUT2D eigenvalue weighted by atomic mass is 10.1. The van der Waals surface area contributed by atoms with Crippen LogP contribution >= 0.6 is 0 Å². The zero-order valence-corrected chi connectivity index (χ0v) is 7.03. The van der Waals surface area contributed by atoms with Crippen molar-refractivity contribution in [3.05, 3.63) is 47.7 Å². The van der Waals surface area contributed by atoms with Crippen LogP contribution in [0.15, 0.2) is 42.5 Å². The number of hydrogen-bond acceptors (Lipinski definition) is 2. The van der Waals surface area contributed by atoms with E-state index < -0.39 is 0 Å². The molecular weight excluding hydrogens is 164 g/mol. The van der Waals surface area contributed by atoms with E-state index in [2.05, 4.69) is 0 Å². The lowest BCUT2D eigenvalue weighted by Crippen LogP contribution is -3.08. The maximum Gasteiger partial charge on any atom is 0.151 e. The maximum atomic E-state index is 10.9. The smallest absolute Gasteiger partial charge is 0.151 e. The molecule has 13 heavy (non-hydrogen) atoms. The van der Waals surface area contributed by atoms with Crippen LogP contribution in [0, 0.1) is 5.21 Å². The molecule has 3 N–H and O–H groups in total. The van der Waals surface area contributed by atoms with Gasteiger partial charge in [-0.15, -0.1) is 0 Å². The molecule has 66 valence electrons. The van der Waals surface area contributed by atoms with Crippen LogP contribution in [0.5, 0.6) is 0 Å². The standard InChI is InChI=1S/C10H10N2O/c11-12(13)10-6-5-8-3-1-2-4-9(8)7-10/h1-7,12H,11H2. The van der Waals surface area contributed by atoms with Crippen LogP contribution in [0.3, 0.4) is 0 Å². The minimum atomic E-state index is -0.384. The summed E-state index contributed by atoms with van der Waals surface area (Å²) in [5, 5.41) is 12.6. The Morgan fingerprint density at radius 1 is 1.00 bits per heavy atom. The van der Waals surface area contributed by atoms with Gasteiger partial charge in [0.2, 0.25) is 0 Å². The second-order valence-electron chi connectivity index (χ2n) is 2.93. The highest BCUT2D eigenvalue weighted by molar-refractivity contribution is 5.84. The Morgan fingerprint density at radius 2 is 1.69 bits per heavy atom. The van der Waals surface area contributed by atoms with Crippen molar-refractivity contribution in [3.8, 4) is 0 Å². The fraction of sp³-hybridized carbons (Fsp3) is 0. The zero-order chi connectivity index (χ0) is 9.26. The molecule has 0 aliphatic heterocycles. The first-order valence-corrected chi connectivity index (χ1v) is 4.06. The number of benzene rings is 2. The van der Waals surface area contributed by atoms with Crippen molar-refractivity contribution in [2.24, 2.45) is 5.84 Å². The molecule has 0 amide bonds. The Hall–Kier alpha value is -1.42. The zero-order valence-electron chi connectivity index (χ0n) is 7.03. The Kier molecular flexibility index (Phi) is 1.98. The van der Waals surface area contributed by atoms with Gasteiger partial charge in [-0.25, -0.2) is 0 Å². The van der Waals surface area contributed by atoms with Gasteiger partial charge in [-0.2, -0.15) is 5.84 Å². The van der Waals surface area contributed by atoms with Crippen molar-refractivity contribution in [3.63, 3.8) is 0 Å².